The van der Waals surface area contributed by atoms with Crippen molar-refractivity contribution in [1.82, 2.24) is 83.9 Å². The first-order valence-electron chi connectivity index (χ1n) is 29.3. The van der Waals surface area contributed by atoms with E-state index in [1.165, 1.54) is 0 Å². The van der Waals surface area contributed by atoms with Gasteiger partial charge in [-0.25, -0.2) is 74.8 Å². The van der Waals surface area contributed by atoms with Crippen LogP contribution in [0.3, 0.4) is 0 Å². The van der Waals surface area contributed by atoms with Crippen LogP contribution in [0.2, 0.25) is 0 Å². The van der Waals surface area contributed by atoms with Crippen molar-refractivity contribution < 1.29 is 0 Å². The maximum Gasteiger partial charge on any atom is 0.164 e. The van der Waals surface area contributed by atoms with Gasteiger partial charge in [-0.2, -0.15) is 5.26 Å². The molecular formula is C72H52N18. The molecule has 0 aliphatic heterocycles. The minimum atomic E-state index is 0.418. The van der Waals surface area contributed by atoms with Gasteiger partial charge in [-0.15, -0.1) is 0 Å². The zero-order valence-electron chi connectivity index (χ0n) is 50.2. The maximum absolute atomic E-state index is 11.1. The summed E-state index contributed by atoms with van der Waals surface area (Å²) in [5.74, 6) is 8.60. The van der Waals surface area contributed by atoms with Gasteiger partial charge in [0.05, 0.1) is 45.1 Å². The van der Waals surface area contributed by atoms with Crippen LogP contribution in [0.5, 0.6) is 0 Å². The molecule has 0 unspecified atom stereocenters. The van der Waals surface area contributed by atoms with Gasteiger partial charge in [-0.1, -0.05) is 72.8 Å². The number of rotatable bonds is 10. The Kier molecular flexibility index (Phi) is 13.1. The Bertz CT molecular complexity index is 5140. The van der Waals surface area contributed by atoms with Crippen molar-refractivity contribution in [3.8, 4) is 108 Å². The fraction of sp³-hybridized carbons (Fsp3) is 0.111. The summed E-state index contributed by atoms with van der Waals surface area (Å²) < 4.78 is 4.55. The van der Waals surface area contributed by atoms with Crippen LogP contribution in [-0.2, 0) is 0 Å². The van der Waals surface area contributed by atoms with E-state index in [1.54, 1.807) is 0 Å². The van der Waals surface area contributed by atoms with E-state index in [0.29, 0.717) is 98.5 Å². The zero-order chi connectivity index (χ0) is 61.5. The van der Waals surface area contributed by atoms with Crippen LogP contribution >= 0.6 is 0 Å². The molecule has 0 atom stereocenters. The predicted molar refractivity (Wildman–Crippen MR) is 348 cm³/mol. The molecule has 0 radical (unpaired) electrons. The highest BCUT2D eigenvalue weighted by Gasteiger charge is 2.27. The molecule has 0 N–H and O–H groups in total. The van der Waals surface area contributed by atoms with Gasteiger partial charge in [0.15, 0.2) is 40.8 Å². The van der Waals surface area contributed by atoms with Gasteiger partial charge in [-0.05, 0) is 152 Å². The lowest BCUT2D eigenvalue weighted by atomic mass is 9.93. The van der Waals surface area contributed by atoms with E-state index in [4.69, 9.17) is 54.8 Å². The summed E-state index contributed by atoms with van der Waals surface area (Å²) >= 11 is 0. The van der Waals surface area contributed by atoms with Crippen molar-refractivity contribution in [2.75, 3.05) is 0 Å². The van der Waals surface area contributed by atoms with Crippen molar-refractivity contribution in [3.63, 3.8) is 0 Å². The summed E-state index contributed by atoms with van der Waals surface area (Å²) in [7, 11) is 0. The molecule has 0 fully saturated rings. The fourth-order valence-corrected chi connectivity index (χ4v) is 12.2. The SMILES string of the molecule is Cc1nc(C)nc(-c2ccc3c(c2)c2cc(-c4nc(C)nc(C)n4)ccc2n3-c2ccc(C#N)cc2-c2c(-c3nc(-c4ccccc4)nc(-c4ccccc4)n3)cccc2-n2c3ccc(-c4nc(C)nc(C)n4)cc3c3cc(-c4nc(C)nc(C)n4)ccc32)n1. The van der Waals surface area contributed by atoms with E-state index >= 15 is 0 Å². The first-order chi connectivity index (χ1) is 43.8. The van der Waals surface area contributed by atoms with Gasteiger partial charge in [0.1, 0.15) is 46.6 Å². The van der Waals surface area contributed by atoms with E-state index in [-0.39, 0.29) is 0 Å². The number of hydrogen-bond donors (Lipinski definition) is 0. The summed E-state index contributed by atoms with van der Waals surface area (Å²) in [6.45, 7) is 15.0. The van der Waals surface area contributed by atoms with E-state index < -0.39 is 0 Å². The second-order valence-electron chi connectivity index (χ2n) is 22.2. The predicted octanol–water partition coefficient (Wildman–Crippen LogP) is 14.5. The minimum absolute atomic E-state index is 0.418. The van der Waals surface area contributed by atoms with Gasteiger partial charge in [-0.3, -0.25) is 0 Å². The third kappa shape index (κ3) is 9.76. The third-order valence-electron chi connectivity index (χ3n) is 15.9. The maximum atomic E-state index is 11.1. The molecule has 0 aliphatic rings. The van der Waals surface area contributed by atoms with Crippen LogP contribution in [0.15, 0.2) is 170 Å². The van der Waals surface area contributed by atoms with Crippen LogP contribution < -0.4 is 0 Å². The molecule has 7 aromatic heterocycles. The monoisotopic (exact) mass is 1170 g/mol. The molecular weight excluding hydrogens is 1120 g/mol. The molecule has 15 rings (SSSR count). The van der Waals surface area contributed by atoms with Crippen LogP contribution in [0, 0.1) is 66.7 Å². The molecule has 430 valence electrons. The lowest BCUT2D eigenvalue weighted by molar-refractivity contribution is 0.928. The van der Waals surface area contributed by atoms with Gasteiger partial charge < -0.3 is 9.13 Å². The Balaban J connectivity index is 1.07. The first kappa shape index (κ1) is 54.5. The molecule has 18 heteroatoms. The Morgan fingerprint density at radius 1 is 0.267 bits per heavy atom. The number of hydrogen-bond acceptors (Lipinski definition) is 16. The lowest BCUT2D eigenvalue weighted by Gasteiger charge is -2.22. The standard InChI is InChI=1S/C72H52N18/c1-38-74-39(2)79-68(78-38)49-23-28-59-54(33-49)55-34-50(69-80-40(3)75-41(4)81-69)24-29-60(55)89(59)63-27-22-46(37-73)32-58(63)65-53(72-87-66(47-16-11-9-12-17-47)86-67(88-72)48-18-13-10-14-19-48)20-15-21-64(65)90-61-30-25-51(70-82-42(5)76-43(6)83-70)35-56(61)57-36-52(26-31-62(57)90)71-84-44(7)77-45(8)85-71/h9-36H,1-8H3. The van der Waals surface area contributed by atoms with Crippen molar-refractivity contribution in [2.24, 2.45) is 0 Å². The lowest BCUT2D eigenvalue weighted by Crippen LogP contribution is -2.06. The molecule has 7 heterocycles. The largest absolute Gasteiger partial charge is 0.309 e. The van der Waals surface area contributed by atoms with Gasteiger partial charge in [0, 0.05) is 71.6 Å². The smallest absolute Gasteiger partial charge is 0.164 e. The van der Waals surface area contributed by atoms with Crippen molar-refractivity contribution in [1.29, 1.82) is 5.26 Å². The highest BCUT2D eigenvalue weighted by atomic mass is 15.1. The minimum Gasteiger partial charge on any atom is -0.309 e. The Morgan fingerprint density at radius 2 is 0.600 bits per heavy atom. The van der Waals surface area contributed by atoms with Gasteiger partial charge in [0.25, 0.3) is 0 Å². The second kappa shape index (κ2) is 21.7. The van der Waals surface area contributed by atoms with Gasteiger partial charge in [0.2, 0.25) is 0 Å². The Labute approximate surface area is 516 Å². The number of benzene rings is 8. The summed E-state index contributed by atoms with van der Waals surface area (Å²) in [6, 6.07) is 59.8. The van der Waals surface area contributed by atoms with Crippen molar-refractivity contribution >= 4 is 43.6 Å². The van der Waals surface area contributed by atoms with E-state index in [9.17, 15) is 5.26 Å². The molecule has 0 aliphatic carbocycles. The molecule has 0 saturated carbocycles. The first-order valence-corrected chi connectivity index (χ1v) is 29.3. The topological polar surface area (TPSA) is 227 Å². The Morgan fingerprint density at radius 3 is 0.956 bits per heavy atom. The highest BCUT2D eigenvalue weighted by molar-refractivity contribution is 6.14. The average molecular weight is 1170 g/mol. The molecule has 0 spiro atoms. The Hall–Kier alpha value is -12.1. The van der Waals surface area contributed by atoms with Crippen LogP contribution in [0.1, 0.15) is 52.2 Å². The second-order valence-corrected chi connectivity index (χ2v) is 22.2. The summed E-state index contributed by atoms with van der Waals surface area (Å²) in [6.07, 6.45) is 0. The molecule has 15 aromatic rings. The van der Waals surface area contributed by atoms with Crippen LogP contribution in [-0.4, -0.2) is 83.9 Å². The number of fused-ring (bicyclic) bond motifs is 6. The molecule has 90 heavy (non-hydrogen) atoms. The zero-order valence-corrected chi connectivity index (χ0v) is 50.2. The molecule has 0 bridgehead atoms. The fourth-order valence-electron chi connectivity index (χ4n) is 12.2. The van der Waals surface area contributed by atoms with Crippen LogP contribution in [0.25, 0.3) is 146 Å². The molecule has 0 amide bonds. The molecule has 18 nitrogen and oxygen atoms in total. The van der Waals surface area contributed by atoms with Gasteiger partial charge >= 0.3 is 0 Å². The van der Waals surface area contributed by atoms with Crippen LogP contribution in [0.4, 0.5) is 0 Å². The third-order valence-corrected chi connectivity index (χ3v) is 15.9. The number of nitriles is 1. The normalized spacial score (nSPS) is 11.5. The summed E-state index contributed by atoms with van der Waals surface area (Å²) in [4.78, 5) is 72.5. The number of nitrogens with zero attached hydrogens (tertiary/aromatic N) is 18. The van der Waals surface area contributed by atoms with E-state index in [0.717, 1.165) is 99.5 Å². The molecule has 0 saturated heterocycles. The highest BCUT2D eigenvalue weighted by Crippen LogP contribution is 2.47. The summed E-state index contributed by atoms with van der Waals surface area (Å²) in [5.41, 5.74) is 12.5. The van der Waals surface area contributed by atoms with Crippen molar-refractivity contribution in [2.45, 2.75) is 55.4 Å². The van der Waals surface area contributed by atoms with Crippen molar-refractivity contribution in [3.05, 3.63) is 222 Å². The van der Waals surface area contributed by atoms with E-state index in [2.05, 4.69) is 120 Å². The van der Waals surface area contributed by atoms with E-state index in [1.807, 2.05) is 140 Å². The number of aromatic nitrogens is 17. The summed E-state index contributed by atoms with van der Waals surface area (Å²) in [5, 5.41) is 14.8. The average Bonchev–Trinajstić information content (AvgIpc) is 1.55. The quantitative estimate of drug-likeness (QED) is 0.124. The number of aryl methyl sites for hydroxylation is 8. The molecule has 8 aromatic carbocycles.